The number of carbonyl (C=O) groups excluding carboxylic acids is 2. The summed E-state index contributed by atoms with van der Waals surface area (Å²) >= 11 is 0. The van der Waals surface area contributed by atoms with Crippen LogP contribution in [0.3, 0.4) is 0 Å². The van der Waals surface area contributed by atoms with Gasteiger partial charge in [0, 0.05) is 57.7 Å². The Bertz CT molecular complexity index is 757. The van der Waals surface area contributed by atoms with Crippen LogP contribution in [0.1, 0.15) is 17.4 Å². The van der Waals surface area contributed by atoms with Crippen molar-refractivity contribution in [1.82, 2.24) is 19.3 Å². The molecule has 0 spiro atoms. The van der Waals surface area contributed by atoms with Gasteiger partial charge in [0.05, 0.1) is 0 Å². The van der Waals surface area contributed by atoms with Gasteiger partial charge in [-0.15, -0.1) is 0 Å². The molecule has 1 aliphatic heterocycles. The standard InChI is InChI=1S/C18H24N4O2/c1-4-22-15-8-6-5-7-14(15)13-16(22)17(23)20-9-11-21(12-10-20)18(24)19(2)3/h5-8,13H,4,9-12H2,1-3H3. The number of hydrogen-bond acceptors (Lipinski definition) is 2. The first kappa shape index (κ1) is 16.4. The van der Waals surface area contributed by atoms with E-state index in [0.717, 1.165) is 23.1 Å². The van der Waals surface area contributed by atoms with Crippen LogP contribution in [0.2, 0.25) is 0 Å². The third-order valence-electron chi connectivity index (χ3n) is 4.57. The predicted molar refractivity (Wildman–Crippen MR) is 94.2 cm³/mol. The Morgan fingerprint density at radius 2 is 1.67 bits per heavy atom. The molecule has 0 N–H and O–H groups in total. The highest BCUT2D eigenvalue weighted by Crippen LogP contribution is 2.21. The van der Waals surface area contributed by atoms with Gasteiger partial charge < -0.3 is 19.3 Å². The summed E-state index contributed by atoms with van der Waals surface area (Å²) in [5.41, 5.74) is 1.82. The number of nitrogens with zero attached hydrogens (tertiary/aromatic N) is 4. The molecule has 2 heterocycles. The fraction of sp³-hybridized carbons (Fsp3) is 0.444. The SMILES string of the molecule is CCn1c(C(=O)N2CCN(C(=O)N(C)C)CC2)cc2ccccc21. The van der Waals surface area contributed by atoms with Gasteiger partial charge in [0.1, 0.15) is 5.69 Å². The fourth-order valence-electron chi connectivity index (χ4n) is 3.27. The van der Waals surface area contributed by atoms with Crippen molar-refractivity contribution in [2.24, 2.45) is 0 Å². The number of benzene rings is 1. The molecule has 0 aliphatic carbocycles. The molecule has 1 saturated heterocycles. The Morgan fingerprint density at radius 1 is 1.04 bits per heavy atom. The van der Waals surface area contributed by atoms with Gasteiger partial charge in [0.2, 0.25) is 0 Å². The number of urea groups is 1. The van der Waals surface area contributed by atoms with Crippen molar-refractivity contribution < 1.29 is 9.59 Å². The van der Waals surface area contributed by atoms with Crippen LogP contribution in [0, 0.1) is 0 Å². The second kappa shape index (κ2) is 6.55. The van der Waals surface area contributed by atoms with E-state index in [-0.39, 0.29) is 11.9 Å². The van der Waals surface area contributed by atoms with E-state index in [1.807, 2.05) is 35.2 Å². The average Bonchev–Trinajstić information content (AvgIpc) is 2.99. The first-order valence-corrected chi connectivity index (χ1v) is 8.36. The maximum atomic E-state index is 13.0. The molecule has 1 fully saturated rings. The average molecular weight is 328 g/mol. The lowest BCUT2D eigenvalue weighted by Crippen LogP contribution is -2.53. The smallest absolute Gasteiger partial charge is 0.319 e. The van der Waals surface area contributed by atoms with Crippen LogP contribution in [0.5, 0.6) is 0 Å². The van der Waals surface area contributed by atoms with Crippen molar-refractivity contribution in [3.63, 3.8) is 0 Å². The Labute approximate surface area is 142 Å². The molecule has 1 aromatic heterocycles. The molecular weight excluding hydrogens is 304 g/mol. The van der Waals surface area contributed by atoms with Gasteiger partial charge >= 0.3 is 6.03 Å². The van der Waals surface area contributed by atoms with E-state index in [0.29, 0.717) is 26.2 Å². The van der Waals surface area contributed by atoms with Gasteiger partial charge in [-0.3, -0.25) is 4.79 Å². The van der Waals surface area contributed by atoms with Crippen molar-refractivity contribution in [2.75, 3.05) is 40.3 Å². The monoisotopic (exact) mass is 328 g/mol. The van der Waals surface area contributed by atoms with E-state index in [1.165, 1.54) is 0 Å². The lowest BCUT2D eigenvalue weighted by molar-refractivity contribution is 0.0640. The zero-order valence-electron chi connectivity index (χ0n) is 14.5. The van der Waals surface area contributed by atoms with Crippen LogP contribution in [-0.2, 0) is 6.54 Å². The van der Waals surface area contributed by atoms with Gasteiger partial charge in [0.25, 0.3) is 5.91 Å². The van der Waals surface area contributed by atoms with Crippen LogP contribution in [0.15, 0.2) is 30.3 Å². The van der Waals surface area contributed by atoms with Crippen molar-refractivity contribution >= 4 is 22.8 Å². The summed E-state index contributed by atoms with van der Waals surface area (Å²) in [5.74, 6) is 0.0463. The zero-order valence-corrected chi connectivity index (χ0v) is 14.5. The Kier molecular flexibility index (Phi) is 4.46. The molecule has 6 heteroatoms. The largest absolute Gasteiger partial charge is 0.337 e. The normalized spacial score (nSPS) is 15.0. The summed E-state index contributed by atoms with van der Waals surface area (Å²) in [4.78, 5) is 30.2. The van der Waals surface area contributed by atoms with Gasteiger partial charge in [-0.1, -0.05) is 18.2 Å². The van der Waals surface area contributed by atoms with E-state index >= 15 is 0 Å². The lowest BCUT2D eigenvalue weighted by atomic mass is 10.2. The Balaban J connectivity index is 1.78. The van der Waals surface area contributed by atoms with E-state index in [2.05, 4.69) is 11.5 Å². The van der Waals surface area contributed by atoms with Crippen molar-refractivity contribution in [2.45, 2.75) is 13.5 Å². The highest BCUT2D eigenvalue weighted by Gasteiger charge is 2.27. The molecule has 128 valence electrons. The maximum absolute atomic E-state index is 13.0. The molecule has 0 bridgehead atoms. The van der Waals surface area contributed by atoms with Crippen LogP contribution in [0.4, 0.5) is 4.79 Å². The fourth-order valence-corrected chi connectivity index (χ4v) is 3.27. The van der Waals surface area contributed by atoms with Gasteiger partial charge in [-0.05, 0) is 19.1 Å². The number of hydrogen-bond donors (Lipinski definition) is 0. The summed E-state index contributed by atoms with van der Waals surface area (Å²) in [5, 5.41) is 1.09. The van der Waals surface area contributed by atoms with Crippen molar-refractivity contribution in [3.8, 4) is 0 Å². The van der Waals surface area contributed by atoms with E-state index in [9.17, 15) is 9.59 Å². The minimum Gasteiger partial charge on any atom is -0.337 e. The summed E-state index contributed by atoms with van der Waals surface area (Å²) < 4.78 is 2.06. The molecule has 1 aliphatic rings. The number of rotatable bonds is 2. The van der Waals surface area contributed by atoms with Crippen LogP contribution >= 0.6 is 0 Å². The maximum Gasteiger partial charge on any atom is 0.319 e. The second-order valence-electron chi connectivity index (χ2n) is 6.29. The molecule has 0 unspecified atom stereocenters. The van der Waals surface area contributed by atoms with E-state index in [4.69, 9.17) is 0 Å². The molecule has 2 aromatic rings. The van der Waals surface area contributed by atoms with Crippen LogP contribution < -0.4 is 0 Å². The molecule has 0 saturated carbocycles. The Morgan fingerprint density at radius 3 is 2.29 bits per heavy atom. The van der Waals surface area contributed by atoms with E-state index in [1.54, 1.807) is 23.9 Å². The quantitative estimate of drug-likeness (QED) is 0.848. The van der Waals surface area contributed by atoms with Crippen LogP contribution in [-0.4, -0.2) is 71.5 Å². The number of fused-ring (bicyclic) bond motifs is 1. The first-order valence-electron chi connectivity index (χ1n) is 8.36. The number of para-hydroxylation sites is 1. The number of piperazine rings is 1. The molecular formula is C18H24N4O2. The van der Waals surface area contributed by atoms with Crippen molar-refractivity contribution in [1.29, 1.82) is 0 Å². The topological polar surface area (TPSA) is 48.8 Å². The minimum atomic E-state index is 0.00442. The van der Waals surface area contributed by atoms with Gasteiger partial charge in [-0.2, -0.15) is 0 Å². The third kappa shape index (κ3) is 2.84. The summed E-state index contributed by atoms with van der Waals surface area (Å²) in [7, 11) is 3.50. The minimum absolute atomic E-state index is 0.00442. The van der Waals surface area contributed by atoms with Crippen LogP contribution in [0.25, 0.3) is 10.9 Å². The number of aromatic nitrogens is 1. The lowest BCUT2D eigenvalue weighted by Gasteiger charge is -2.36. The van der Waals surface area contributed by atoms with Gasteiger partial charge in [-0.25, -0.2) is 4.79 Å². The molecule has 6 nitrogen and oxygen atoms in total. The summed E-state index contributed by atoms with van der Waals surface area (Å²) in [6.45, 7) is 5.11. The summed E-state index contributed by atoms with van der Waals surface area (Å²) in [6.07, 6.45) is 0. The Hall–Kier alpha value is -2.50. The van der Waals surface area contributed by atoms with Gasteiger partial charge in [0.15, 0.2) is 0 Å². The first-order chi connectivity index (χ1) is 11.5. The predicted octanol–water partition coefficient (Wildman–Crippen LogP) is 2.10. The molecule has 24 heavy (non-hydrogen) atoms. The molecule has 0 atom stereocenters. The second-order valence-corrected chi connectivity index (χ2v) is 6.29. The number of amides is 3. The molecule has 1 aromatic carbocycles. The van der Waals surface area contributed by atoms with Crippen molar-refractivity contribution in [3.05, 3.63) is 36.0 Å². The van der Waals surface area contributed by atoms with E-state index < -0.39 is 0 Å². The molecule has 3 amide bonds. The molecule has 3 rings (SSSR count). The molecule has 0 radical (unpaired) electrons. The third-order valence-corrected chi connectivity index (χ3v) is 4.57. The highest BCUT2D eigenvalue weighted by molar-refractivity contribution is 5.99. The number of aryl methyl sites for hydroxylation is 1. The zero-order chi connectivity index (χ0) is 17.3. The summed E-state index contributed by atoms with van der Waals surface area (Å²) in [6, 6.07) is 10.0. The highest BCUT2D eigenvalue weighted by atomic mass is 16.2. The number of carbonyl (C=O) groups is 2.